The molecule has 1 heterocycles. The van der Waals surface area contributed by atoms with Gasteiger partial charge in [0, 0.05) is 19.6 Å². The average Bonchev–Trinajstić information content (AvgIpc) is 2.36. The van der Waals surface area contributed by atoms with E-state index in [9.17, 15) is 5.11 Å². The Labute approximate surface area is 123 Å². The van der Waals surface area contributed by atoms with Crippen molar-refractivity contribution in [1.29, 1.82) is 0 Å². The van der Waals surface area contributed by atoms with E-state index in [0.29, 0.717) is 0 Å². The molecule has 0 aromatic heterocycles. The van der Waals surface area contributed by atoms with Gasteiger partial charge in [-0.15, -0.1) is 0 Å². The number of aliphatic hydroxyl groups excluding tert-OH is 1. The van der Waals surface area contributed by atoms with Gasteiger partial charge in [0.15, 0.2) is 0 Å². The summed E-state index contributed by atoms with van der Waals surface area (Å²) in [5.74, 6) is 0.787. The standard InChI is InChI=1S/C16H32N2O2/c1-13-5-4-6-16(7-13,10-17)12-18-8-14(9-19)20-15(2,3)11-18/h13-14,19H,4-12,17H2,1-3H3. The molecule has 4 heteroatoms. The molecule has 1 aliphatic carbocycles. The van der Waals surface area contributed by atoms with Crippen LogP contribution in [-0.4, -0.2) is 54.5 Å². The first-order valence-electron chi connectivity index (χ1n) is 8.09. The molecule has 118 valence electrons. The van der Waals surface area contributed by atoms with Gasteiger partial charge >= 0.3 is 0 Å². The van der Waals surface area contributed by atoms with E-state index in [-0.39, 0.29) is 23.7 Å². The summed E-state index contributed by atoms with van der Waals surface area (Å²) in [4.78, 5) is 2.47. The molecular weight excluding hydrogens is 252 g/mol. The van der Waals surface area contributed by atoms with Gasteiger partial charge in [-0.05, 0) is 44.6 Å². The molecule has 1 saturated carbocycles. The summed E-state index contributed by atoms with van der Waals surface area (Å²) in [5, 5.41) is 9.43. The van der Waals surface area contributed by atoms with Crippen molar-refractivity contribution in [3.63, 3.8) is 0 Å². The molecule has 3 N–H and O–H groups in total. The molecule has 0 aromatic rings. The molecule has 0 spiro atoms. The smallest absolute Gasteiger partial charge is 0.0940 e. The van der Waals surface area contributed by atoms with E-state index in [2.05, 4.69) is 25.7 Å². The second-order valence-corrected chi connectivity index (χ2v) is 7.76. The third-order valence-electron chi connectivity index (χ3n) is 4.93. The lowest BCUT2D eigenvalue weighted by Crippen LogP contribution is -2.57. The molecule has 0 bridgehead atoms. The molecule has 1 aliphatic heterocycles. The molecule has 0 amide bonds. The van der Waals surface area contributed by atoms with Crippen LogP contribution in [0.3, 0.4) is 0 Å². The molecule has 3 unspecified atom stereocenters. The van der Waals surface area contributed by atoms with Crippen LogP contribution in [0, 0.1) is 11.3 Å². The van der Waals surface area contributed by atoms with Gasteiger partial charge in [-0.3, -0.25) is 4.90 Å². The Hall–Kier alpha value is -0.160. The number of rotatable bonds is 4. The lowest BCUT2D eigenvalue weighted by molar-refractivity contribution is -0.155. The maximum absolute atomic E-state index is 9.43. The lowest BCUT2D eigenvalue weighted by Gasteiger charge is -2.48. The van der Waals surface area contributed by atoms with E-state index in [1.54, 1.807) is 0 Å². The topological polar surface area (TPSA) is 58.7 Å². The highest BCUT2D eigenvalue weighted by molar-refractivity contribution is 4.92. The molecule has 2 fully saturated rings. The molecule has 1 saturated heterocycles. The Bertz CT molecular complexity index is 322. The molecule has 0 radical (unpaired) electrons. The summed E-state index contributed by atoms with van der Waals surface area (Å²) in [6, 6.07) is 0. The van der Waals surface area contributed by atoms with Crippen molar-refractivity contribution in [2.24, 2.45) is 17.1 Å². The second-order valence-electron chi connectivity index (χ2n) is 7.76. The third kappa shape index (κ3) is 3.94. The minimum Gasteiger partial charge on any atom is -0.394 e. The fourth-order valence-corrected chi connectivity index (χ4v) is 4.27. The van der Waals surface area contributed by atoms with Gasteiger partial charge < -0.3 is 15.6 Å². The zero-order valence-electron chi connectivity index (χ0n) is 13.4. The van der Waals surface area contributed by atoms with Crippen LogP contribution < -0.4 is 5.73 Å². The SMILES string of the molecule is CC1CCCC(CN)(CN2CC(CO)OC(C)(C)C2)C1. The number of morpholine rings is 1. The van der Waals surface area contributed by atoms with Crippen LogP contribution in [0.2, 0.25) is 0 Å². The van der Waals surface area contributed by atoms with Crippen molar-refractivity contribution in [2.75, 3.05) is 32.8 Å². The maximum Gasteiger partial charge on any atom is 0.0940 e. The molecule has 2 rings (SSSR count). The Morgan fingerprint density at radius 1 is 1.40 bits per heavy atom. The predicted molar refractivity (Wildman–Crippen MR) is 81.6 cm³/mol. The number of hydrogen-bond donors (Lipinski definition) is 2. The Kier molecular flexibility index (Phi) is 5.11. The van der Waals surface area contributed by atoms with Crippen molar-refractivity contribution in [1.82, 2.24) is 4.90 Å². The minimum absolute atomic E-state index is 0.0606. The lowest BCUT2D eigenvalue weighted by atomic mass is 9.69. The first kappa shape index (κ1) is 16.2. The molecule has 2 aliphatic rings. The van der Waals surface area contributed by atoms with E-state index < -0.39 is 0 Å². The van der Waals surface area contributed by atoms with Gasteiger partial charge in [0.05, 0.1) is 18.3 Å². The highest BCUT2D eigenvalue weighted by atomic mass is 16.5. The monoisotopic (exact) mass is 284 g/mol. The largest absolute Gasteiger partial charge is 0.394 e. The quantitative estimate of drug-likeness (QED) is 0.823. The van der Waals surface area contributed by atoms with Gasteiger partial charge in [-0.2, -0.15) is 0 Å². The van der Waals surface area contributed by atoms with Gasteiger partial charge in [0.1, 0.15) is 0 Å². The van der Waals surface area contributed by atoms with Gasteiger partial charge in [0.2, 0.25) is 0 Å². The molecule has 3 atom stereocenters. The Morgan fingerprint density at radius 2 is 2.15 bits per heavy atom. The summed E-state index contributed by atoms with van der Waals surface area (Å²) in [7, 11) is 0. The van der Waals surface area contributed by atoms with Crippen molar-refractivity contribution < 1.29 is 9.84 Å². The fraction of sp³-hybridized carbons (Fsp3) is 1.00. The summed E-state index contributed by atoms with van der Waals surface area (Å²) in [5.41, 5.74) is 6.24. The first-order valence-corrected chi connectivity index (χ1v) is 8.09. The number of nitrogens with two attached hydrogens (primary N) is 1. The van der Waals surface area contributed by atoms with Crippen molar-refractivity contribution >= 4 is 0 Å². The zero-order chi connectivity index (χ0) is 14.8. The normalized spacial score (nSPS) is 38.9. The Morgan fingerprint density at radius 3 is 2.75 bits per heavy atom. The molecular formula is C16H32N2O2. The third-order valence-corrected chi connectivity index (χ3v) is 4.93. The van der Waals surface area contributed by atoms with Crippen LogP contribution in [0.1, 0.15) is 46.5 Å². The van der Waals surface area contributed by atoms with Crippen LogP contribution in [0.4, 0.5) is 0 Å². The molecule has 0 aromatic carbocycles. The first-order chi connectivity index (χ1) is 9.38. The Balaban J connectivity index is 2.02. The molecule has 4 nitrogen and oxygen atoms in total. The minimum atomic E-state index is -0.179. The average molecular weight is 284 g/mol. The second kappa shape index (κ2) is 6.30. The van der Waals surface area contributed by atoms with Crippen LogP contribution in [0.25, 0.3) is 0 Å². The van der Waals surface area contributed by atoms with Crippen molar-refractivity contribution in [3.8, 4) is 0 Å². The highest BCUT2D eigenvalue weighted by Crippen LogP contribution is 2.40. The van der Waals surface area contributed by atoms with Gasteiger partial charge in [0.25, 0.3) is 0 Å². The fourth-order valence-electron chi connectivity index (χ4n) is 4.27. The van der Waals surface area contributed by atoms with E-state index in [1.165, 1.54) is 25.7 Å². The van der Waals surface area contributed by atoms with E-state index in [0.717, 1.165) is 32.1 Å². The van der Waals surface area contributed by atoms with Crippen LogP contribution in [0.15, 0.2) is 0 Å². The predicted octanol–water partition coefficient (Wildman–Crippen LogP) is 1.61. The van der Waals surface area contributed by atoms with E-state index >= 15 is 0 Å². The maximum atomic E-state index is 9.43. The number of ether oxygens (including phenoxy) is 1. The van der Waals surface area contributed by atoms with Crippen LogP contribution in [0.5, 0.6) is 0 Å². The molecule has 20 heavy (non-hydrogen) atoms. The van der Waals surface area contributed by atoms with Gasteiger partial charge in [-0.25, -0.2) is 0 Å². The van der Waals surface area contributed by atoms with E-state index in [1.807, 2.05) is 0 Å². The van der Waals surface area contributed by atoms with Crippen LogP contribution >= 0.6 is 0 Å². The van der Waals surface area contributed by atoms with Gasteiger partial charge in [-0.1, -0.05) is 19.8 Å². The highest BCUT2D eigenvalue weighted by Gasteiger charge is 2.39. The summed E-state index contributed by atoms with van der Waals surface area (Å²) >= 11 is 0. The van der Waals surface area contributed by atoms with Crippen molar-refractivity contribution in [2.45, 2.75) is 58.2 Å². The number of nitrogens with zero attached hydrogens (tertiary/aromatic N) is 1. The number of aliphatic hydroxyl groups is 1. The zero-order valence-corrected chi connectivity index (χ0v) is 13.4. The van der Waals surface area contributed by atoms with Crippen molar-refractivity contribution in [3.05, 3.63) is 0 Å². The summed E-state index contributed by atoms with van der Waals surface area (Å²) < 4.78 is 5.91. The number of hydrogen-bond acceptors (Lipinski definition) is 4. The van der Waals surface area contributed by atoms with E-state index in [4.69, 9.17) is 10.5 Å². The summed E-state index contributed by atoms with van der Waals surface area (Å²) in [6.45, 7) is 10.3. The summed E-state index contributed by atoms with van der Waals surface area (Å²) in [6.07, 6.45) is 5.07. The van der Waals surface area contributed by atoms with Crippen LogP contribution in [-0.2, 0) is 4.74 Å².